The second-order valence-corrected chi connectivity index (χ2v) is 5.43. The van der Waals surface area contributed by atoms with Crippen LogP contribution >= 0.6 is 0 Å². The van der Waals surface area contributed by atoms with E-state index in [4.69, 9.17) is 13.9 Å². The third-order valence-corrected chi connectivity index (χ3v) is 3.81. The standard InChI is InChI=1S/C19H16O6/c1-11-16(19(22)23-2)14-10-13(8-9-15(14)24-11)25-17(18(20)21)12-6-4-3-5-7-12/h3-10,17H,1-2H3,(H,20,21)/t17-/m1/s1. The summed E-state index contributed by atoms with van der Waals surface area (Å²) in [6, 6.07) is 13.5. The van der Waals surface area contributed by atoms with Crippen molar-refractivity contribution < 1.29 is 28.6 Å². The maximum absolute atomic E-state index is 12.0. The zero-order valence-corrected chi connectivity index (χ0v) is 13.7. The fourth-order valence-electron chi connectivity index (χ4n) is 2.65. The Hall–Kier alpha value is -3.28. The van der Waals surface area contributed by atoms with Gasteiger partial charge in [-0.05, 0) is 25.1 Å². The lowest BCUT2D eigenvalue weighted by Crippen LogP contribution is -2.18. The van der Waals surface area contributed by atoms with E-state index in [0.29, 0.717) is 33.6 Å². The van der Waals surface area contributed by atoms with Gasteiger partial charge < -0.3 is 19.0 Å². The normalized spacial score (nSPS) is 11.9. The third kappa shape index (κ3) is 3.19. The van der Waals surface area contributed by atoms with E-state index in [-0.39, 0.29) is 0 Å². The van der Waals surface area contributed by atoms with Crippen LogP contribution < -0.4 is 4.74 Å². The van der Waals surface area contributed by atoms with Crippen LogP contribution in [0.15, 0.2) is 52.9 Å². The molecule has 0 aliphatic rings. The Morgan fingerprint density at radius 3 is 2.48 bits per heavy atom. The van der Waals surface area contributed by atoms with Crippen LogP contribution in [0, 0.1) is 6.92 Å². The van der Waals surface area contributed by atoms with Crippen molar-refractivity contribution in [3.63, 3.8) is 0 Å². The third-order valence-electron chi connectivity index (χ3n) is 3.81. The lowest BCUT2D eigenvalue weighted by molar-refractivity contribution is -0.145. The number of carbonyl (C=O) groups is 2. The first-order valence-corrected chi connectivity index (χ1v) is 7.57. The van der Waals surface area contributed by atoms with Gasteiger partial charge >= 0.3 is 11.9 Å². The van der Waals surface area contributed by atoms with Gasteiger partial charge in [0.25, 0.3) is 0 Å². The van der Waals surface area contributed by atoms with E-state index in [2.05, 4.69) is 0 Å². The molecule has 0 radical (unpaired) electrons. The van der Waals surface area contributed by atoms with Crippen LogP contribution in [0.4, 0.5) is 0 Å². The molecule has 1 heterocycles. The minimum atomic E-state index is -1.16. The first-order chi connectivity index (χ1) is 12.0. The number of hydrogen-bond donors (Lipinski definition) is 1. The Labute approximate surface area is 143 Å². The van der Waals surface area contributed by atoms with E-state index in [9.17, 15) is 14.7 Å². The highest BCUT2D eigenvalue weighted by Gasteiger charge is 2.23. The Morgan fingerprint density at radius 1 is 1.12 bits per heavy atom. The summed E-state index contributed by atoms with van der Waals surface area (Å²) in [4.78, 5) is 23.5. The van der Waals surface area contributed by atoms with Crippen molar-refractivity contribution in [2.24, 2.45) is 0 Å². The average molecular weight is 340 g/mol. The molecule has 0 saturated carbocycles. The molecule has 6 heteroatoms. The number of esters is 1. The number of carboxylic acid groups (broad SMARTS) is 1. The number of hydrogen-bond acceptors (Lipinski definition) is 5. The number of ether oxygens (including phenoxy) is 2. The maximum atomic E-state index is 12.0. The molecule has 0 fully saturated rings. The Morgan fingerprint density at radius 2 is 1.84 bits per heavy atom. The van der Waals surface area contributed by atoms with Gasteiger partial charge in [-0.3, -0.25) is 0 Å². The van der Waals surface area contributed by atoms with Gasteiger partial charge in [0.2, 0.25) is 6.10 Å². The summed E-state index contributed by atoms with van der Waals surface area (Å²) in [7, 11) is 1.29. The van der Waals surface area contributed by atoms with Crippen LogP contribution in [0.2, 0.25) is 0 Å². The number of fused-ring (bicyclic) bond motifs is 1. The number of aryl methyl sites for hydroxylation is 1. The van der Waals surface area contributed by atoms with Gasteiger partial charge in [-0.15, -0.1) is 0 Å². The number of carboxylic acids is 1. The van der Waals surface area contributed by atoms with Crippen LogP contribution in [-0.2, 0) is 9.53 Å². The molecule has 0 amide bonds. The molecule has 3 aromatic rings. The molecule has 1 aromatic heterocycles. The molecule has 0 spiro atoms. The van der Waals surface area contributed by atoms with Gasteiger partial charge in [-0.25, -0.2) is 9.59 Å². The first kappa shape index (κ1) is 16.6. The minimum absolute atomic E-state index is 0.300. The Bertz CT molecular complexity index is 926. The van der Waals surface area contributed by atoms with Crippen LogP contribution in [0.25, 0.3) is 11.0 Å². The molecule has 0 aliphatic carbocycles. The van der Waals surface area contributed by atoms with E-state index in [1.165, 1.54) is 7.11 Å². The largest absolute Gasteiger partial charge is 0.478 e. The number of carbonyl (C=O) groups excluding carboxylic acids is 1. The van der Waals surface area contributed by atoms with Crippen molar-refractivity contribution in [1.29, 1.82) is 0 Å². The highest BCUT2D eigenvalue weighted by Crippen LogP contribution is 2.31. The molecule has 25 heavy (non-hydrogen) atoms. The minimum Gasteiger partial charge on any atom is -0.478 e. The van der Waals surface area contributed by atoms with Crippen molar-refractivity contribution in [1.82, 2.24) is 0 Å². The number of benzene rings is 2. The molecular formula is C19H16O6. The van der Waals surface area contributed by atoms with Crippen LogP contribution in [0.5, 0.6) is 5.75 Å². The van der Waals surface area contributed by atoms with Gasteiger partial charge in [0.1, 0.15) is 22.7 Å². The predicted octanol–water partition coefficient (Wildman–Crippen LogP) is 3.73. The topological polar surface area (TPSA) is 86.0 Å². The molecule has 0 bridgehead atoms. The summed E-state index contributed by atoms with van der Waals surface area (Å²) in [5.74, 6) is -0.888. The molecule has 2 aromatic carbocycles. The summed E-state index contributed by atoms with van der Waals surface area (Å²) in [5.41, 5.74) is 1.32. The molecule has 0 unspecified atom stereocenters. The average Bonchev–Trinajstić information content (AvgIpc) is 2.94. The summed E-state index contributed by atoms with van der Waals surface area (Å²) < 4.78 is 16.0. The predicted molar refractivity (Wildman–Crippen MR) is 89.7 cm³/mol. The molecule has 0 aliphatic heterocycles. The lowest BCUT2D eigenvalue weighted by atomic mass is 10.1. The van der Waals surface area contributed by atoms with Crippen molar-refractivity contribution in [3.8, 4) is 5.75 Å². The summed E-state index contributed by atoms with van der Waals surface area (Å²) in [6.07, 6.45) is -1.16. The molecule has 1 N–H and O–H groups in total. The fourth-order valence-corrected chi connectivity index (χ4v) is 2.65. The van der Waals surface area contributed by atoms with Gasteiger partial charge in [-0.1, -0.05) is 30.3 Å². The van der Waals surface area contributed by atoms with Gasteiger partial charge in [0.15, 0.2) is 0 Å². The van der Waals surface area contributed by atoms with E-state index in [1.54, 1.807) is 55.5 Å². The van der Waals surface area contributed by atoms with Crippen molar-refractivity contribution >= 4 is 22.9 Å². The van der Waals surface area contributed by atoms with Crippen LogP contribution in [-0.4, -0.2) is 24.2 Å². The molecule has 3 rings (SSSR count). The van der Waals surface area contributed by atoms with Crippen LogP contribution in [0.3, 0.4) is 0 Å². The second-order valence-electron chi connectivity index (χ2n) is 5.43. The second kappa shape index (κ2) is 6.68. The monoisotopic (exact) mass is 340 g/mol. The first-order valence-electron chi connectivity index (χ1n) is 7.57. The van der Waals surface area contributed by atoms with Gasteiger partial charge in [-0.2, -0.15) is 0 Å². The molecule has 0 saturated heterocycles. The molecular weight excluding hydrogens is 324 g/mol. The highest BCUT2D eigenvalue weighted by atomic mass is 16.5. The number of methoxy groups -OCH3 is 1. The number of aliphatic carboxylic acids is 1. The van der Waals surface area contributed by atoms with E-state index in [0.717, 1.165) is 0 Å². The Kier molecular flexibility index (Phi) is 4.43. The maximum Gasteiger partial charge on any atom is 0.349 e. The lowest BCUT2D eigenvalue weighted by Gasteiger charge is -2.15. The highest BCUT2D eigenvalue weighted by molar-refractivity contribution is 6.04. The zero-order valence-electron chi connectivity index (χ0n) is 13.7. The van der Waals surface area contributed by atoms with Gasteiger partial charge in [0.05, 0.1) is 7.11 Å². The van der Waals surface area contributed by atoms with Crippen molar-refractivity contribution in [2.45, 2.75) is 13.0 Å². The smallest absolute Gasteiger partial charge is 0.349 e. The van der Waals surface area contributed by atoms with E-state index in [1.807, 2.05) is 0 Å². The fraction of sp³-hybridized carbons (Fsp3) is 0.158. The summed E-state index contributed by atoms with van der Waals surface area (Å²) in [5, 5.41) is 9.98. The summed E-state index contributed by atoms with van der Waals surface area (Å²) >= 11 is 0. The van der Waals surface area contributed by atoms with Gasteiger partial charge in [0, 0.05) is 10.9 Å². The quantitative estimate of drug-likeness (QED) is 0.712. The van der Waals surface area contributed by atoms with Crippen molar-refractivity contribution in [3.05, 3.63) is 65.4 Å². The van der Waals surface area contributed by atoms with Crippen LogP contribution in [0.1, 0.15) is 27.8 Å². The molecule has 6 nitrogen and oxygen atoms in total. The van der Waals surface area contributed by atoms with E-state index >= 15 is 0 Å². The van der Waals surface area contributed by atoms with E-state index < -0.39 is 18.0 Å². The summed E-state index contributed by atoms with van der Waals surface area (Å²) in [6.45, 7) is 1.66. The zero-order chi connectivity index (χ0) is 18.0. The molecule has 128 valence electrons. The Balaban J connectivity index is 2.01. The number of furan rings is 1. The van der Waals surface area contributed by atoms with Crippen molar-refractivity contribution in [2.75, 3.05) is 7.11 Å². The number of rotatable bonds is 5. The SMILES string of the molecule is COC(=O)c1c(C)oc2ccc(O[C@@H](C(=O)O)c3ccccc3)cc12. The molecule has 1 atom stereocenters.